The van der Waals surface area contributed by atoms with Crippen LogP contribution in [0.2, 0.25) is 0 Å². The van der Waals surface area contributed by atoms with E-state index in [4.69, 9.17) is 0 Å². The number of fused-ring (bicyclic) bond motifs is 3. The first-order valence-electron chi connectivity index (χ1n) is 12.5. The summed E-state index contributed by atoms with van der Waals surface area (Å²) in [5.41, 5.74) is 5.57. The number of nitrogens with one attached hydrogen (secondary N) is 1. The minimum atomic E-state index is -4.33. The minimum Gasteiger partial charge on any atom is -0.369 e. The van der Waals surface area contributed by atoms with Crippen molar-refractivity contribution in [3.63, 3.8) is 0 Å². The molecule has 1 saturated heterocycles. The largest absolute Gasteiger partial charge is 0.416 e. The first-order valence-corrected chi connectivity index (χ1v) is 12.5. The molecule has 2 aromatic heterocycles. The number of aryl methyl sites for hydroxylation is 1. The number of hydrogen-bond acceptors (Lipinski definition) is 4. The van der Waals surface area contributed by atoms with Gasteiger partial charge in [-0.15, -0.1) is 0 Å². The van der Waals surface area contributed by atoms with Crippen LogP contribution in [0.5, 0.6) is 0 Å². The number of aromatic nitrogens is 3. The molecule has 1 N–H and O–H groups in total. The molecule has 1 aliphatic heterocycles. The number of H-pyrrole nitrogens is 1. The van der Waals surface area contributed by atoms with Crippen LogP contribution in [0.1, 0.15) is 16.7 Å². The second-order valence-electron chi connectivity index (χ2n) is 9.79. The van der Waals surface area contributed by atoms with Crippen LogP contribution >= 0.6 is 0 Å². The number of rotatable bonds is 4. The van der Waals surface area contributed by atoms with Gasteiger partial charge in [0.05, 0.1) is 11.1 Å². The summed E-state index contributed by atoms with van der Waals surface area (Å²) < 4.78 is 40.8. The molecule has 0 atom stereocenters. The monoisotopic (exact) mass is 517 g/mol. The normalized spacial score (nSPS) is 15.0. The van der Waals surface area contributed by atoms with Crippen molar-refractivity contribution in [3.8, 4) is 11.1 Å². The Morgan fingerprint density at radius 2 is 1.63 bits per heavy atom. The van der Waals surface area contributed by atoms with Gasteiger partial charge < -0.3 is 4.90 Å². The van der Waals surface area contributed by atoms with Crippen molar-refractivity contribution in [2.24, 2.45) is 0 Å². The Bertz CT molecular complexity index is 1680. The summed E-state index contributed by atoms with van der Waals surface area (Å²) in [6.45, 7) is 5.73. The highest BCUT2D eigenvalue weighted by Gasteiger charge is 2.31. The maximum absolute atomic E-state index is 13.1. The molecule has 0 spiro atoms. The molecule has 0 aliphatic carbocycles. The molecule has 5 aromatic rings. The summed E-state index contributed by atoms with van der Waals surface area (Å²) in [6.07, 6.45) is -4.33. The van der Waals surface area contributed by atoms with Gasteiger partial charge in [-0.1, -0.05) is 36.4 Å². The molecule has 0 saturated carbocycles. The number of benzene rings is 3. The van der Waals surface area contributed by atoms with E-state index >= 15 is 0 Å². The third-order valence-electron chi connectivity index (χ3n) is 7.31. The van der Waals surface area contributed by atoms with E-state index in [1.807, 2.05) is 30.0 Å². The van der Waals surface area contributed by atoms with Crippen molar-refractivity contribution >= 4 is 22.2 Å². The molecule has 6 rings (SSSR count). The lowest BCUT2D eigenvalue weighted by Gasteiger charge is -2.36. The average Bonchev–Trinajstić information content (AvgIpc) is 3.29. The molecular weight excluding hydrogens is 491 g/mol. The fourth-order valence-electron chi connectivity index (χ4n) is 5.24. The summed E-state index contributed by atoms with van der Waals surface area (Å²) >= 11 is 0. The van der Waals surface area contributed by atoms with Gasteiger partial charge in [-0.05, 0) is 65.6 Å². The maximum Gasteiger partial charge on any atom is 0.416 e. The van der Waals surface area contributed by atoms with E-state index < -0.39 is 11.7 Å². The van der Waals surface area contributed by atoms with Gasteiger partial charge in [-0.2, -0.15) is 18.3 Å². The van der Waals surface area contributed by atoms with Gasteiger partial charge in [-0.25, -0.2) is 14.3 Å². The highest BCUT2D eigenvalue weighted by Crippen LogP contribution is 2.32. The summed E-state index contributed by atoms with van der Waals surface area (Å²) in [7, 11) is 0. The van der Waals surface area contributed by atoms with Crippen molar-refractivity contribution in [2.75, 3.05) is 31.1 Å². The Morgan fingerprint density at radius 3 is 2.37 bits per heavy atom. The Hall–Kier alpha value is -4.11. The van der Waals surface area contributed by atoms with Crippen LogP contribution in [0.15, 0.2) is 77.6 Å². The third-order valence-corrected chi connectivity index (χ3v) is 7.31. The lowest BCUT2D eigenvalue weighted by molar-refractivity contribution is -0.137. The topological polar surface area (TPSA) is 56.6 Å². The van der Waals surface area contributed by atoms with E-state index in [2.05, 4.69) is 45.4 Å². The van der Waals surface area contributed by atoms with Crippen LogP contribution in [0.4, 0.5) is 18.9 Å². The number of hydrogen-bond donors (Lipinski definition) is 1. The fraction of sp³-hybridized carbons (Fsp3) is 0.241. The zero-order valence-corrected chi connectivity index (χ0v) is 20.8. The summed E-state index contributed by atoms with van der Waals surface area (Å²) in [6, 6.07) is 22.0. The molecule has 6 nitrogen and oxygen atoms in total. The molecule has 0 amide bonds. The van der Waals surface area contributed by atoms with Gasteiger partial charge in [0, 0.05) is 43.8 Å². The van der Waals surface area contributed by atoms with Crippen LogP contribution in [0, 0.1) is 6.92 Å². The zero-order chi connectivity index (χ0) is 26.4. The number of halogens is 3. The van der Waals surface area contributed by atoms with E-state index in [1.165, 1.54) is 17.7 Å². The Balaban J connectivity index is 1.14. The van der Waals surface area contributed by atoms with Crippen molar-refractivity contribution < 1.29 is 13.2 Å². The second-order valence-corrected chi connectivity index (χ2v) is 9.79. The van der Waals surface area contributed by atoms with E-state index in [9.17, 15) is 18.0 Å². The highest BCUT2D eigenvalue weighted by atomic mass is 19.4. The molecule has 3 aromatic carbocycles. The van der Waals surface area contributed by atoms with Crippen molar-refractivity contribution in [1.29, 1.82) is 0 Å². The molecule has 38 heavy (non-hydrogen) atoms. The number of pyridine rings is 1. The second kappa shape index (κ2) is 9.33. The number of anilines is 1. The van der Waals surface area contributed by atoms with Crippen LogP contribution < -0.4 is 10.6 Å². The number of piperazine rings is 1. The molecule has 9 heteroatoms. The predicted octanol–water partition coefficient (Wildman–Crippen LogP) is 5.49. The lowest BCUT2D eigenvalue weighted by Crippen LogP contribution is -2.46. The van der Waals surface area contributed by atoms with E-state index in [-0.39, 0.29) is 5.69 Å². The lowest BCUT2D eigenvalue weighted by atomic mass is 10.00. The summed E-state index contributed by atoms with van der Waals surface area (Å²) in [4.78, 5) is 16.5. The molecule has 0 radical (unpaired) electrons. The van der Waals surface area contributed by atoms with Crippen molar-refractivity contribution in [2.45, 2.75) is 19.6 Å². The average molecular weight is 518 g/mol. The third kappa shape index (κ3) is 4.54. The molecule has 1 aliphatic rings. The fourth-order valence-corrected chi connectivity index (χ4v) is 5.24. The maximum atomic E-state index is 13.1. The molecule has 0 bridgehead atoms. The molecule has 3 heterocycles. The van der Waals surface area contributed by atoms with Gasteiger partial charge in [0.2, 0.25) is 0 Å². The van der Waals surface area contributed by atoms with Crippen LogP contribution in [-0.4, -0.2) is 45.7 Å². The number of aromatic amines is 1. The summed E-state index contributed by atoms with van der Waals surface area (Å²) in [5.74, 6) is 0. The predicted molar refractivity (Wildman–Crippen MR) is 142 cm³/mol. The van der Waals surface area contributed by atoms with Gasteiger partial charge in [0.25, 0.3) is 0 Å². The molecule has 1 fully saturated rings. The molecule has 194 valence electrons. The van der Waals surface area contributed by atoms with Gasteiger partial charge in [0.15, 0.2) is 5.65 Å². The van der Waals surface area contributed by atoms with Crippen LogP contribution in [0.25, 0.3) is 27.7 Å². The van der Waals surface area contributed by atoms with Gasteiger partial charge in [0.1, 0.15) is 0 Å². The smallest absolute Gasteiger partial charge is 0.369 e. The standard InChI is InChI=1S/C29H26F3N5O/c1-19-15-27-33-34-28(38)37(27)26-10-9-22(16-25(19)26)21-7-5-20(6-8-21)18-35-11-13-36(14-12-35)24-4-2-3-23(17-24)29(30,31)32/h2-10,15-17H,11-14,18H2,1H3,(H,34,38). The van der Waals surface area contributed by atoms with Crippen LogP contribution in [0.3, 0.4) is 0 Å². The van der Waals surface area contributed by atoms with Crippen molar-refractivity contribution in [1.82, 2.24) is 19.5 Å². The van der Waals surface area contributed by atoms with E-state index in [0.717, 1.165) is 53.3 Å². The number of nitrogens with zero attached hydrogens (tertiary/aromatic N) is 4. The first kappa shape index (κ1) is 24.2. The van der Waals surface area contributed by atoms with Crippen molar-refractivity contribution in [3.05, 3.63) is 100.0 Å². The zero-order valence-electron chi connectivity index (χ0n) is 20.8. The first-order chi connectivity index (χ1) is 18.3. The SMILES string of the molecule is Cc1cc2n[nH]c(=O)n2c2ccc(-c3ccc(CN4CCN(c5cccc(C(F)(F)F)c5)CC4)cc3)cc12. The highest BCUT2D eigenvalue weighted by molar-refractivity contribution is 5.89. The Kier molecular flexibility index (Phi) is 5.95. The van der Waals surface area contributed by atoms with Gasteiger partial charge in [-0.3, -0.25) is 4.90 Å². The molecular formula is C29H26F3N5O. The van der Waals surface area contributed by atoms with Crippen LogP contribution in [-0.2, 0) is 12.7 Å². The Morgan fingerprint density at radius 1 is 0.895 bits per heavy atom. The Labute approximate surface area is 216 Å². The van der Waals surface area contributed by atoms with E-state index in [1.54, 1.807) is 10.5 Å². The number of alkyl halides is 3. The summed E-state index contributed by atoms with van der Waals surface area (Å²) in [5, 5.41) is 7.59. The van der Waals surface area contributed by atoms with E-state index in [0.29, 0.717) is 24.4 Å². The minimum absolute atomic E-state index is 0.252. The quantitative estimate of drug-likeness (QED) is 0.343. The van der Waals surface area contributed by atoms with Gasteiger partial charge >= 0.3 is 11.9 Å². The molecule has 0 unspecified atom stereocenters.